The fraction of sp³-hybridized carbons (Fsp3) is 0.200. The molecule has 1 heterocycles. The van der Waals surface area contributed by atoms with Crippen LogP contribution in [0.25, 0.3) is 0 Å². The Morgan fingerprint density at radius 2 is 1.65 bits per heavy atom. The molecular weight excluding hydrogens is 364 g/mol. The highest BCUT2D eigenvalue weighted by atomic mass is 35.5. The largest absolute Gasteiger partial charge is 0.332 e. The molecule has 0 radical (unpaired) electrons. The number of halogens is 1. The summed E-state index contributed by atoms with van der Waals surface area (Å²) in [6.07, 6.45) is 0. The first kappa shape index (κ1) is 18.4. The molecule has 26 heavy (non-hydrogen) atoms. The molecule has 0 saturated carbocycles. The number of aromatic nitrogens is 2. The molecule has 4 nitrogen and oxygen atoms in total. The Morgan fingerprint density at radius 3 is 2.31 bits per heavy atom. The number of aryl methyl sites for hydroxylation is 2. The summed E-state index contributed by atoms with van der Waals surface area (Å²) in [5, 5.41) is 12.4. The summed E-state index contributed by atoms with van der Waals surface area (Å²) >= 11 is 11.4. The molecular formula is C20H21ClN4S. The van der Waals surface area contributed by atoms with Crippen LogP contribution < -0.4 is 10.6 Å². The highest BCUT2D eigenvalue weighted by Gasteiger charge is 2.13. The summed E-state index contributed by atoms with van der Waals surface area (Å²) in [7, 11) is 0. The number of thiocarbonyl (C=S) groups is 1. The molecule has 6 heteroatoms. The average molecular weight is 385 g/mol. The van der Waals surface area contributed by atoms with Crippen molar-refractivity contribution >= 4 is 40.3 Å². The van der Waals surface area contributed by atoms with Crippen molar-refractivity contribution in [1.82, 2.24) is 9.78 Å². The molecule has 3 aromatic rings. The van der Waals surface area contributed by atoms with Gasteiger partial charge in [0, 0.05) is 10.7 Å². The molecule has 0 aliphatic carbocycles. The fourth-order valence-electron chi connectivity index (χ4n) is 2.71. The lowest BCUT2D eigenvalue weighted by Gasteiger charge is -2.11. The van der Waals surface area contributed by atoms with Crippen LogP contribution in [0.15, 0.2) is 48.5 Å². The smallest absolute Gasteiger partial charge is 0.175 e. The third-order valence-corrected chi connectivity index (χ3v) is 4.63. The van der Waals surface area contributed by atoms with Gasteiger partial charge in [0.1, 0.15) is 0 Å². The van der Waals surface area contributed by atoms with E-state index in [2.05, 4.69) is 22.7 Å². The molecule has 0 unspecified atom stereocenters. The molecule has 0 spiro atoms. The summed E-state index contributed by atoms with van der Waals surface area (Å²) in [4.78, 5) is 0. The second-order valence-corrected chi connectivity index (χ2v) is 7.12. The van der Waals surface area contributed by atoms with E-state index in [-0.39, 0.29) is 0 Å². The molecule has 0 aliphatic rings. The van der Waals surface area contributed by atoms with Crippen molar-refractivity contribution in [2.75, 3.05) is 10.6 Å². The summed E-state index contributed by atoms with van der Waals surface area (Å²) < 4.78 is 1.97. The molecule has 2 N–H and O–H groups in total. The van der Waals surface area contributed by atoms with Gasteiger partial charge in [-0.05, 0) is 62.8 Å². The zero-order chi connectivity index (χ0) is 18.7. The van der Waals surface area contributed by atoms with Gasteiger partial charge in [-0.15, -0.1) is 0 Å². The van der Waals surface area contributed by atoms with Gasteiger partial charge in [0.25, 0.3) is 0 Å². The quantitative estimate of drug-likeness (QED) is 0.597. The Morgan fingerprint density at radius 1 is 1.00 bits per heavy atom. The second kappa shape index (κ2) is 7.89. The zero-order valence-corrected chi connectivity index (χ0v) is 16.6. The number of rotatable bonds is 4. The van der Waals surface area contributed by atoms with E-state index in [1.807, 2.05) is 67.1 Å². The molecule has 0 fully saturated rings. The van der Waals surface area contributed by atoms with E-state index in [4.69, 9.17) is 23.8 Å². The van der Waals surface area contributed by atoms with E-state index in [1.54, 1.807) is 0 Å². The Hall–Kier alpha value is -2.37. The predicted octanol–water partition coefficient (Wildman–Crippen LogP) is 5.32. The van der Waals surface area contributed by atoms with Gasteiger partial charge >= 0.3 is 0 Å². The van der Waals surface area contributed by atoms with Crippen molar-refractivity contribution < 1.29 is 0 Å². The lowest BCUT2D eigenvalue weighted by molar-refractivity contribution is 0.659. The van der Waals surface area contributed by atoms with Gasteiger partial charge in [0.05, 0.1) is 23.6 Å². The van der Waals surface area contributed by atoms with Crippen molar-refractivity contribution in [1.29, 1.82) is 0 Å². The predicted molar refractivity (Wildman–Crippen MR) is 113 cm³/mol. The number of nitrogens with one attached hydrogen (secondary N) is 2. The minimum atomic E-state index is 0.547. The highest BCUT2D eigenvalue weighted by molar-refractivity contribution is 7.80. The Bertz CT molecular complexity index is 914. The van der Waals surface area contributed by atoms with Gasteiger partial charge in [0.15, 0.2) is 5.11 Å². The fourth-order valence-corrected chi connectivity index (χ4v) is 3.05. The van der Waals surface area contributed by atoms with E-state index in [9.17, 15) is 0 Å². The lowest BCUT2D eigenvalue weighted by Crippen LogP contribution is -2.20. The molecule has 2 aromatic carbocycles. The van der Waals surface area contributed by atoms with E-state index in [0.717, 1.165) is 33.3 Å². The highest BCUT2D eigenvalue weighted by Crippen LogP contribution is 2.21. The number of nitrogens with zero attached hydrogens (tertiary/aromatic N) is 2. The Kier molecular flexibility index (Phi) is 5.59. The Balaban J connectivity index is 1.71. The second-order valence-electron chi connectivity index (χ2n) is 6.28. The SMILES string of the molecule is Cc1ccc(NC(=S)Nc2c(C)nn(Cc3ccc(Cl)cc3)c2C)cc1. The maximum Gasteiger partial charge on any atom is 0.175 e. The van der Waals surface area contributed by atoms with Gasteiger partial charge in [-0.25, -0.2) is 0 Å². The number of hydrogen-bond acceptors (Lipinski definition) is 2. The van der Waals surface area contributed by atoms with Gasteiger partial charge in [-0.3, -0.25) is 4.68 Å². The molecule has 1 aromatic heterocycles. The van der Waals surface area contributed by atoms with Crippen LogP contribution >= 0.6 is 23.8 Å². The first-order chi connectivity index (χ1) is 12.4. The summed E-state index contributed by atoms with van der Waals surface area (Å²) in [5.41, 5.74) is 6.19. The lowest BCUT2D eigenvalue weighted by atomic mass is 10.2. The number of hydrogen-bond donors (Lipinski definition) is 2. The summed E-state index contributed by atoms with van der Waals surface area (Å²) in [5.74, 6) is 0. The maximum atomic E-state index is 5.95. The first-order valence-electron chi connectivity index (χ1n) is 8.35. The summed E-state index contributed by atoms with van der Waals surface area (Å²) in [6.45, 7) is 6.75. The van der Waals surface area contributed by atoms with Crippen molar-refractivity contribution in [3.05, 3.63) is 76.1 Å². The van der Waals surface area contributed by atoms with Crippen molar-refractivity contribution in [2.45, 2.75) is 27.3 Å². The normalized spacial score (nSPS) is 10.6. The molecule has 0 saturated heterocycles. The van der Waals surface area contributed by atoms with Crippen LogP contribution in [0.2, 0.25) is 5.02 Å². The number of anilines is 2. The third kappa shape index (κ3) is 4.42. The van der Waals surface area contributed by atoms with Crippen LogP contribution in [0.1, 0.15) is 22.5 Å². The third-order valence-electron chi connectivity index (χ3n) is 4.18. The van der Waals surface area contributed by atoms with Gasteiger partial charge < -0.3 is 10.6 Å². The minimum Gasteiger partial charge on any atom is -0.332 e. The average Bonchev–Trinajstić information content (AvgIpc) is 2.86. The molecule has 3 rings (SSSR count). The van der Waals surface area contributed by atoms with Crippen LogP contribution in [0.5, 0.6) is 0 Å². The molecule has 134 valence electrons. The van der Waals surface area contributed by atoms with E-state index >= 15 is 0 Å². The van der Waals surface area contributed by atoms with Gasteiger partial charge in [0.2, 0.25) is 0 Å². The molecule has 0 amide bonds. The van der Waals surface area contributed by atoms with Crippen LogP contribution in [0.4, 0.5) is 11.4 Å². The molecule has 0 aliphatic heterocycles. The van der Waals surface area contributed by atoms with Crippen LogP contribution in [0.3, 0.4) is 0 Å². The van der Waals surface area contributed by atoms with Crippen LogP contribution in [0, 0.1) is 20.8 Å². The first-order valence-corrected chi connectivity index (χ1v) is 9.14. The Labute approximate surface area is 164 Å². The molecule has 0 atom stereocenters. The van der Waals surface area contributed by atoms with E-state index in [1.165, 1.54) is 5.56 Å². The molecule has 0 bridgehead atoms. The van der Waals surface area contributed by atoms with Gasteiger partial charge in [-0.2, -0.15) is 5.10 Å². The van der Waals surface area contributed by atoms with Crippen molar-refractivity contribution in [3.8, 4) is 0 Å². The minimum absolute atomic E-state index is 0.547. The zero-order valence-electron chi connectivity index (χ0n) is 15.0. The van der Waals surface area contributed by atoms with Crippen LogP contribution in [-0.2, 0) is 6.54 Å². The monoisotopic (exact) mass is 384 g/mol. The van der Waals surface area contributed by atoms with Gasteiger partial charge in [-0.1, -0.05) is 41.4 Å². The van der Waals surface area contributed by atoms with E-state index in [0.29, 0.717) is 11.7 Å². The van der Waals surface area contributed by atoms with Crippen LogP contribution in [-0.4, -0.2) is 14.9 Å². The topological polar surface area (TPSA) is 41.9 Å². The number of benzene rings is 2. The standard InChI is InChI=1S/C20H21ClN4S/c1-13-4-10-18(11-5-13)22-20(26)23-19-14(2)24-25(15(19)3)12-16-6-8-17(21)9-7-16/h4-11H,12H2,1-3H3,(H2,22,23,26). The van der Waals surface area contributed by atoms with Crippen molar-refractivity contribution in [2.24, 2.45) is 0 Å². The summed E-state index contributed by atoms with van der Waals surface area (Å²) in [6, 6.07) is 15.9. The van der Waals surface area contributed by atoms with E-state index < -0.39 is 0 Å². The van der Waals surface area contributed by atoms with Crippen molar-refractivity contribution in [3.63, 3.8) is 0 Å². The maximum absolute atomic E-state index is 5.95.